The van der Waals surface area contributed by atoms with Gasteiger partial charge in [0, 0.05) is 24.1 Å². The van der Waals surface area contributed by atoms with Crippen LogP contribution in [0.4, 0.5) is 8.78 Å². The molecule has 0 radical (unpaired) electrons. The molecule has 0 aromatic heterocycles. The molecule has 3 rings (SSSR count). The molecule has 3 unspecified atom stereocenters. The van der Waals surface area contributed by atoms with Crippen molar-refractivity contribution in [1.82, 2.24) is 15.5 Å². The molecule has 2 aromatic rings. The molecule has 10 heteroatoms. The van der Waals surface area contributed by atoms with Gasteiger partial charge >= 0.3 is 0 Å². The maximum atomic E-state index is 14.4. The van der Waals surface area contributed by atoms with Crippen LogP contribution in [-0.4, -0.2) is 70.0 Å². The molecule has 1 fully saturated rings. The van der Waals surface area contributed by atoms with Crippen LogP contribution in [0.15, 0.2) is 48.5 Å². The Morgan fingerprint density at radius 2 is 1.82 bits per heavy atom. The number of amides is 3. The zero-order valence-electron chi connectivity index (χ0n) is 21.6. The maximum absolute atomic E-state index is 14.4. The van der Waals surface area contributed by atoms with E-state index in [-0.39, 0.29) is 17.7 Å². The second kappa shape index (κ2) is 12.8. The highest BCUT2D eigenvalue weighted by Crippen LogP contribution is 2.33. The van der Waals surface area contributed by atoms with Crippen molar-refractivity contribution in [3.8, 4) is 5.75 Å². The summed E-state index contributed by atoms with van der Waals surface area (Å²) in [7, 11) is 0. The van der Waals surface area contributed by atoms with E-state index in [9.17, 15) is 33.4 Å². The van der Waals surface area contributed by atoms with E-state index in [1.165, 1.54) is 18.2 Å². The standard InChI is InChI=1S/C28H35F2N3O5/c1-3-4-8-14-31-26(37)22-16-28(29,30)17-33(22)27(38)24(35)21(15-19-10-6-5-7-11-19)32-25(36)20-12-9-13-23(34)18(20)2/h5-7,9-13,21-22,24,34-35H,3-4,8,14-17H2,1-2H3,(H,31,37)(H,32,36). The Kier molecular flexibility index (Phi) is 9.79. The Bertz CT molecular complexity index is 1130. The van der Waals surface area contributed by atoms with Gasteiger partial charge in [0.1, 0.15) is 11.8 Å². The number of phenolic OH excluding ortho intramolecular Hbond substituents is 1. The predicted octanol–water partition coefficient (Wildman–Crippen LogP) is 2.95. The van der Waals surface area contributed by atoms with Gasteiger partial charge in [-0.3, -0.25) is 14.4 Å². The first-order valence-electron chi connectivity index (χ1n) is 12.8. The number of halogens is 2. The summed E-state index contributed by atoms with van der Waals surface area (Å²) in [6.07, 6.45) is -0.256. The van der Waals surface area contributed by atoms with E-state index in [1.807, 2.05) is 6.92 Å². The van der Waals surface area contributed by atoms with Crippen molar-refractivity contribution in [3.05, 3.63) is 65.2 Å². The van der Waals surface area contributed by atoms with Gasteiger partial charge in [0.25, 0.3) is 17.7 Å². The number of aliphatic hydroxyl groups excluding tert-OH is 1. The average Bonchev–Trinajstić information content (AvgIpc) is 3.22. The van der Waals surface area contributed by atoms with Crippen LogP contribution in [0.25, 0.3) is 0 Å². The van der Waals surface area contributed by atoms with E-state index < -0.39 is 54.8 Å². The van der Waals surface area contributed by atoms with E-state index in [0.29, 0.717) is 29.0 Å². The van der Waals surface area contributed by atoms with Crippen LogP contribution in [-0.2, 0) is 16.0 Å². The Morgan fingerprint density at radius 3 is 2.50 bits per heavy atom. The molecule has 1 heterocycles. The van der Waals surface area contributed by atoms with E-state index in [2.05, 4.69) is 10.6 Å². The number of hydrogen-bond acceptors (Lipinski definition) is 5. The Balaban J connectivity index is 1.83. The fourth-order valence-electron chi connectivity index (χ4n) is 4.55. The SMILES string of the molecule is CCCCCNC(=O)C1CC(F)(F)CN1C(=O)C(O)C(Cc1ccccc1)NC(=O)c1cccc(O)c1C. The predicted molar refractivity (Wildman–Crippen MR) is 138 cm³/mol. The van der Waals surface area contributed by atoms with Gasteiger partial charge in [0.2, 0.25) is 5.91 Å². The number of unbranched alkanes of at least 4 members (excludes halogenated alkanes) is 2. The number of nitrogens with zero attached hydrogens (tertiary/aromatic N) is 1. The maximum Gasteiger partial charge on any atom is 0.267 e. The number of nitrogens with one attached hydrogen (secondary N) is 2. The number of likely N-dealkylation sites (tertiary alicyclic amines) is 1. The van der Waals surface area contributed by atoms with Gasteiger partial charge in [-0.1, -0.05) is 56.2 Å². The molecular weight excluding hydrogens is 496 g/mol. The molecule has 1 saturated heterocycles. The molecule has 3 amide bonds. The van der Waals surface area contributed by atoms with E-state index in [1.54, 1.807) is 37.3 Å². The molecule has 3 atom stereocenters. The highest BCUT2D eigenvalue weighted by Gasteiger charge is 2.51. The number of aromatic hydroxyl groups is 1. The third-order valence-electron chi connectivity index (χ3n) is 6.73. The first-order valence-corrected chi connectivity index (χ1v) is 12.8. The van der Waals surface area contributed by atoms with Crippen molar-refractivity contribution in [2.45, 2.75) is 70.1 Å². The number of carbonyl (C=O) groups is 3. The molecule has 0 saturated carbocycles. The van der Waals surface area contributed by atoms with Crippen LogP contribution in [0.2, 0.25) is 0 Å². The fourth-order valence-corrected chi connectivity index (χ4v) is 4.55. The molecule has 2 aromatic carbocycles. The lowest BCUT2D eigenvalue weighted by atomic mass is 9.98. The number of rotatable bonds is 11. The molecule has 1 aliphatic rings. The minimum Gasteiger partial charge on any atom is -0.508 e. The lowest BCUT2D eigenvalue weighted by molar-refractivity contribution is -0.147. The number of phenols is 1. The topological polar surface area (TPSA) is 119 Å². The van der Waals surface area contributed by atoms with Gasteiger partial charge in [-0.2, -0.15) is 0 Å². The second-order valence-electron chi connectivity index (χ2n) is 9.70. The van der Waals surface area contributed by atoms with Gasteiger partial charge < -0.3 is 25.7 Å². The summed E-state index contributed by atoms with van der Waals surface area (Å²) in [6, 6.07) is 10.5. The Hall–Kier alpha value is -3.53. The zero-order valence-corrected chi connectivity index (χ0v) is 21.6. The summed E-state index contributed by atoms with van der Waals surface area (Å²) >= 11 is 0. The molecule has 1 aliphatic heterocycles. The largest absolute Gasteiger partial charge is 0.508 e. The van der Waals surface area contributed by atoms with E-state index in [4.69, 9.17) is 0 Å². The monoisotopic (exact) mass is 531 g/mol. The van der Waals surface area contributed by atoms with Crippen LogP contribution in [0, 0.1) is 6.92 Å². The normalized spacial score (nSPS) is 18.0. The molecule has 0 bridgehead atoms. The smallest absolute Gasteiger partial charge is 0.267 e. The first kappa shape index (κ1) is 29.0. The lowest BCUT2D eigenvalue weighted by Crippen LogP contribution is -2.56. The highest BCUT2D eigenvalue weighted by molar-refractivity contribution is 5.97. The van der Waals surface area contributed by atoms with Crippen molar-refractivity contribution in [2.24, 2.45) is 0 Å². The number of carbonyl (C=O) groups excluding carboxylic acids is 3. The van der Waals surface area contributed by atoms with E-state index in [0.717, 1.165) is 12.8 Å². The minimum atomic E-state index is -3.29. The molecule has 0 spiro atoms. The molecule has 0 aliphatic carbocycles. The number of aliphatic hydroxyl groups is 1. The number of alkyl halides is 2. The molecule has 38 heavy (non-hydrogen) atoms. The minimum absolute atomic E-state index is 0.0233. The molecular formula is C28H35F2N3O5. The van der Waals surface area contributed by atoms with E-state index >= 15 is 0 Å². The molecule has 206 valence electrons. The van der Waals surface area contributed by atoms with Crippen LogP contribution in [0.1, 0.15) is 54.1 Å². The zero-order chi connectivity index (χ0) is 27.9. The summed E-state index contributed by atoms with van der Waals surface area (Å²) in [5, 5.41) is 26.3. The van der Waals surface area contributed by atoms with Crippen LogP contribution in [0.3, 0.4) is 0 Å². The highest BCUT2D eigenvalue weighted by atomic mass is 19.3. The third-order valence-corrected chi connectivity index (χ3v) is 6.73. The summed E-state index contributed by atoms with van der Waals surface area (Å²) < 4.78 is 28.8. The number of benzene rings is 2. The third kappa shape index (κ3) is 7.28. The quantitative estimate of drug-likeness (QED) is 0.333. The summed E-state index contributed by atoms with van der Waals surface area (Å²) in [6.45, 7) is 2.84. The van der Waals surface area contributed by atoms with Gasteiger partial charge in [-0.05, 0) is 37.5 Å². The Morgan fingerprint density at radius 1 is 1.11 bits per heavy atom. The van der Waals surface area contributed by atoms with Gasteiger partial charge in [-0.15, -0.1) is 0 Å². The molecule has 8 nitrogen and oxygen atoms in total. The van der Waals surface area contributed by atoms with Crippen molar-refractivity contribution in [2.75, 3.05) is 13.1 Å². The van der Waals surface area contributed by atoms with Gasteiger partial charge in [-0.25, -0.2) is 8.78 Å². The van der Waals surface area contributed by atoms with Gasteiger partial charge in [0.05, 0.1) is 12.6 Å². The average molecular weight is 532 g/mol. The summed E-state index contributed by atoms with van der Waals surface area (Å²) in [5.74, 6) is -5.80. The van der Waals surface area contributed by atoms with Crippen LogP contribution < -0.4 is 10.6 Å². The number of hydrogen-bond donors (Lipinski definition) is 4. The van der Waals surface area contributed by atoms with Crippen LogP contribution >= 0.6 is 0 Å². The van der Waals surface area contributed by atoms with Crippen molar-refractivity contribution in [3.63, 3.8) is 0 Å². The summed E-state index contributed by atoms with van der Waals surface area (Å²) in [4.78, 5) is 39.9. The Labute approximate surface area is 221 Å². The second-order valence-corrected chi connectivity index (χ2v) is 9.70. The van der Waals surface area contributed by atoms with Gasteiger partial charge in [0.15, 0.2) is 6.10 Å². The first-order chi connectivity index (χ1) is 18.0. The fraction of sp³-hybridized carbons (Fsp3) is 0.464. The van der Waals surface area contributed by atoms with Crippen molar-refractivity contribution >= 4 is 17.7 Å². The van der Waals surface area contributed by atoms with Crippen LogP contribution in [0.5, 0.6) is 5.75 Å². The lowest BCUT2D eigenvalue weighted by Gasteiger charge is -2.30. The van der Waals surface area contributed by atoms with Crippen molar-refractivity contribution < 1.29 is 33.4 Å². The van der Waals surface area contributed by atoms with Crippen molar-refractivity contribution in [1.29, 1.82) is 0 Å². The summed E-state index contributed by atoms with van der Waals surface area (Å²) in [5.41, 5.74) is 1.14. The molecule has 4 N–H and O–H groups in total.